The van der Waals surface area contributed by atoms with Crippen LogP contribution < -0.4 is 5.56 Å². The molecule has 1 aliphatic carbocycles. The van der Waals surface area contributed by atoms with Crippen LogP contribution in [0.15, 0.2) is 46.9 Å². The van der Waals surface area contributed by atoms with E-state index < -0.39 is 11.0 Å². The number of benzene rings is 1. The minimum absolute atomic E-state index is 0.0506. The topological polar surface area (TPSA) is 73.7 Å². The predicted molar refractivity (Wildman–Crippen MR) is 135 cm³/mol. The van der Waals surface area contributed by atoms with E-state index in [0.717, 1.165) is 16.8 Å². The molecule has 4 rings (SSSR count). The van der Waals surface area contributed by atoms with Gasteiger partial charge in [-0.2, -0.15) is 0 Å². The number of aromatic nitrogens is 2. The minimum atomic E-state index is -0.573. The average Bonchev–Trinajstić information content (AvgIpc) is 3.19. The Balaban J connectivity index is 1.83. The number of methoxy groups -OCH3 is 1. The molecule has 1 unspecified atom stereocenters. The Morgan fingerprint density at radius 2 is 2.09 bits per heavy atom. The first kappa shape index (κ1) is 24.5. The number of hydrogen-bond donors (Lipinski definition) is 0. The molecule has 2 heterocycles. The highest BCUT2D eigenvalue weighted by Gasteiger charge is 2.49. The summed E-state index contributed by atoms with van der Waals surface area (Å²) in [5.41, 5.74) is 2.47. The van der Waals surface area contributed by atoms with Crippen molar-refractivity contribution in [3.63, 3.8) is 0 Å². The summed E-state index contributed by atoms with van der Waals surface area (Å²) < 4.78 is 12.5. The smallest absolute Gasteiger partial charge is 0.410 e. The van der Waals surface area contributed by atoms with E-state index in [-0.39, 0.29) is 11.7 Å². The zero-order valence-electron chi connectivity index (χ0n) is 20.4. The van der Waals surface area contributed by atoms with Crippen molar-refractivity contribution in [1.82, 2.24) is 14.5 Å². The van der Waals surface area contributed by atoms with E-state index in [1.54, 1.807) is 22.7 Å². The summed E-state index contributed by atoms with van der Waals surface area (Å²) in [7, 11) is 1.66. The van der Waals surface area contributed by atoms with Crippen molar-refractivity contribution in [2.75, 3.05) is 32.6 Å². The van der Waals surface area contributed by atoms with E-state index in [4.69, 9.17) is 14.5 Å². The van der Waals surface area contributed by atoms with Crippen LogP contribution >= 0.6 is 11.8 Å². The second kappa shape index (κ2) is 9.58. The molecular weight excluding hydrogens is 450 g/mol. The van der Waals surface area contributed by atoms with Gasteiger partial charge in [-0.1, -0.05) is 42.1 Å². The molecule has 0 radical (unpaired) electrons. The van der Waals surface area contributed by atoms with Gasteiger partial charge in [0.15, 0.2) is 5.16 Å². The van der Waals surface area contributed by atoms with Crippen molar-refractivity contribution in [3.8, 4) is 11.3 Å². The van der Waals surface area contributed by atoms with Crippen molar-refractivity contribution in [2.24, 2.45) is 0 Å². The van der Waals surface area contributed by atoms with Crippen LogP contribution in [0.1, 0.15) is 38.3 Å². The van der Waals surface area contributed by atoms with Crippen LogP contribution in [0.5, 0.6) is 0 Å². The van der Waals surface area contributed by atoms with Gasteiger partial charge in [-0.3, -0.25) is 9.36 Å². The lowest BCUT2D eigenvalue weighted by Gasteiger charge is -2.36. The summed E-state index contributed by atoms with van der Waals surface area (Å²) in [6.45, 7) is 11.4. The SMILES string of the molecule is C=CCn1c(SCCOC)nc2c(c1=O)C1(CCN(C(=O)OC(C)(C)C)C1)Cc1ccccc1-2. The van der Waals surface area contributed by atoms with Gasteiger partial charge in [0.25, 0.3) is 5.56 Å². The summed E-state index contributed by atoms with van der Waals surface area (Å²) >= 11 is 1.51. The number of carbonyl (C=O) groups excluding carboxylic acids is 1. The third-order valence-electron chi connectivity index (χ3n) is 6.30. The molecule has 1 spiro atoms. The van der Waals surface area contributed by atoms with Crippen LogP contribution in [0.25, 0.3) is 11.3 Å². The number of thioether (sulfide) groups is 1. The first-order valence-corrected chi connectivity index (χ1v) is 12.6. The summed E-state index contributed by atoms with van der Waals surface area (Å²) in [5, 5.41) is 0.662. The fourth-order valence-electron chi connectivity index (χ4n) is 4.89. The Bertz CT molecular complexity index is 1150. The van der Waals surface area contributed by atoms with E-state index in [2.05, 4.69) is 12.6 Å². The van der Waals surface area contributed by atoms with E-state index in [1.807, 2.05) is 39.0 Å². The molecule has 2 aliphatic rings. The highest BCUT2D eigenvalue weighted by atomic mass is 32.2. The first-order chi connectivity index (χ1) is 16.2. The third kappa shape index (κ3) is 4.66. The molecule has 7 nitrogen and oxygen atoms in total. The summed E-state index contributed by atoms with van der Waals surface area (Å²) in [6.07, 6.45) is 2.77. The van der Waals surface area contributed by atoms with Gasteiger partial charge in [0, 0.05) is 43.5 Å². The van der Waals surface area contributed by atoms with Crippen molar-refractivity contribution >= 4 is 17.9 Å². The molecule has 1 saturated heterocycles. The summed E-state index contributed by atoms with van der Waals surface area (Å²) in [6, 6.07) is 8.14. The molecule has 0 N–H and O–H groups in total. The van der Waals surface area contributed by atoms with Crippen LogP contribution in [0.3, 0.4) is 0 Å². The number of likely N-dealkylation sites (tertiary alicyclic amines) is 1. The molecule has 0 saturated carbocycles. The Morgan fingerprint density at radius 1 is 1.32 bits per heavy atom. The van der Waals surface area contributed by atoms with E-state index in [0.29, 0.717) is 55.6 Å². The monoisotopic (exact) mass is 483 g/mol. The number of nitrogens with zero attached hydrogens (tertiary/aromatic N) is 3. The quantitative estimate of drug-likeness (QED) is 0.264. The van der Waals surface area contributed by atoms with Gasteiger partial charge < -0.3 is 14.4 Å². The maximum Gasteiger partial charge on any atom is 0.410 e. The number of amides is 1. The number of carbonyl (C=O) groups is 1. The predicted octanol–water partition coefficient (Wildman–Crippen LogP) is 4.27. The first-order valence-electron chi connectivity index (χ1n) is 11.6. The van der Waals surface area contributed by atoms with Crippen LogP contribution in [-0.2, 0) is 27.9 Å². The van der Waals surface area contributed by atoms with Crippen molar-refractivity contribution < 1.29 is 14.3 Å². The van der Waals surface area contributed by atoms with Gasteiger partial charge in [0.05, 0.1) is 17.9 Å². The molecule has 1 aromatic heterocycles. The molecular formula is C26H33N3O4S. The van der Waals surface area contributed by atoms with Gasteiger partial charge in [0.1, 0.15) is 5.60 Å². The highest BCUT2D eigenvalue weighted by molar-refractivity contribution is 7.99. The standard InChI is InChI=1S/C26H33N3O4S/c1-6-12-29-22(30)20-21(27-23(29)34-15-14-32-5)19-10-8-7-9-18(19)16-26(20)11-13-28(17-26)24(31)33-25(2,3)4/h6-10H,1,11-17H2,2-5H3. The maximum absolute atomic E-state index is 14.0. The fraction of sp³-hybridized carbons (Fsp3) is 0.500. The maximum atomic E-state index is 14.0. The van der Waals surface area contributed by atoms with E-state index in [9.17, 15) is 9.59 Å². The number of allylic oxidation sites excluding steroid dienone is 1. The number of fused-ring (bicyclic) bond motifs is 4. The van der Waals surface area contributed by atoms with Crippen molar-refractivity contribution in [2.45, 2.75) is 56.3 Å². The average molecular weight is 484 g/mol. The largest absolute Gasteiger partial charge is 0.444 e. The number of rotatable bonds is 6. The lowest BCUT2D eigenvalue weighted by Crippen LogP contribution is -2.45. The molecule has 1 fully saturated rings. The lowest BCUT2D eigenvalue weighted by molar-refractivity contribution is 0.0283. The third-order valence-corrected chi connectivity index (χ3v) is 7.24. The zero-order chi connectivity index (χ0) is 24.5. The second-order valence-corrected chi connectivity index (χ2v) is 11.0. The van der Waals surface area contributed by atoms with Gasteiger partial charge in [-0.05, 0) is 39.2 Å². The number of ether oxygens (including phenoxy) is 2. The molecule has 1 atom stereocenters. The summed E-state index contributed by atoms with van der Waals surface area (Å²) in [4.78, 5) is 33.7. The molecule has 182 valence electrons. The van der Waals surface area contributed by atoms with E-state index >= 15 is 0 Å². The number of hydrogen-bond acceptors (Lipinski definition) is 6. The van der Waals surface area contributed by atoms with Gasteiger partial charge in [-0.25, -0.2) is 9.78 Å². The van der Waals surface area contributed by atoms with Gasteiger partial charge in [0.2, 0.25) is 0 Å². The zero-order valence-corrected chi connectivity index (χ0v) is 21.2. The molecule has 1 amide bonds. The van der Waals surface area contributed by atoms with Crippen LogP contribution in [0, 0.1) is 0 Å². The second-order valence-electron chi connectivity index (χ2n) is 9.93. The molecule has 1 aliphatic heterocycles. The minimum Gasteiger partial charge on any atom is -0.444 e. The highest BCUT2D eigenvalue weighted by Crippen LogP contribution is 2.46. The molecule has 1 aromatic carbocycles. The summed E-state index contributed by atoms with van der Waals surface area (Å²) in [5.74, 6) is 0.693. The Labute approximate surface area is 205 Å². The molecule has 8 heteroatoms. The van der Waals surface area contributed by atoms with E-state index in [1.165, 1.54) is 11.8 Å². The normalized spacial score (nSPS) is 19.1. The lowest BCUT2D eigenvalue weighted by atomic mass is 9.69. The Morgan fingerprint density at radius 3 is 2.79 bits per heavy atom. The van der Waals surface area contributed by atoms with Crippen molar-refractivity contribution in [3.05, 3.63) is 58.4 Å². The van der Waals surface area contributed by atoms with Gasteiger partial charge in [-0.15, -0.1) is 6.58 Å². The molecule has 0 bridgehead atoms. The molecule has 34 heavy (non-hydrogen) atoms. The Hall–Kier alpha value is -2.58. The molecule has 2 aromatic rings. The van der Waals surface area contributed by atoms with Gasteiger partial charge >= 0.3 is 6.09 Å². The van der Waals surface area contributed by atoms with Crippen LogP contribution in [0.4, 0.5) is 4.79 Å². The Kier molecular flexibility index (Phi) is 6.92. The van der Waals surface area contributed by atoms with Crippen LogP contribution in [0.2, 0.25) is 0 Å². The fourth-order valence-corrected chi connectivity index (χ4v) is 5.79. The van der Waals surface area contributed by atoms with Crippen LogP contribution in [-0.4, -0.2) is 58.7 Å². The van der Waals surface area contributed by atoms with Crippen molar-refractivity contribution in [1.29, 1.82) is 0 Å².